The van der Waals surface area contributed by atoms with Crippen LogP contribution in [-0.2, 0) is 24.8 Å². The van der Waals surface area contributed by atoms with Gasteiger partial charge in [-0.2, -0.15) is 0 Å². The summed E-state index contributed by atoms with van der Waals surface area (Å²) >= 11 is 0. The summed E-state index contributed by atoms with van der Waals surface area (Å²) < 4.78 is 65.2. The highest BCUT2D eigenvalue weighted by Crippen LogP contribution is 2.36. The van der Waals surface area contributed by atoms with Gasteiger partial charge >= 0.3 is 0 Å². The molecule has 0 unspecified atom stereocenters. The van der Waals surface area contributed by atoms with Gasteiger partial charge in [-0.05, 0) is 54.3 Å². The van der Waals surface area contributed by atoms with Crippen molar-refractivity contribution in [3.63, 3.8) is 0 Å². The molecular weight excluding hydrogens is 554 g/mol. The average molecular weight is 582 g/mol. The lowest BCUT2D eigenvalue weighted by Gasteiger charge is -2.22. The number of anilines is 3. The molecule has 10 nitrogen and oxygen atoms in total. The molecule has 0 fully saturated rings. The van der Waals surface area contributed by atoms with Crippen LogP contribution < -0.4 is 23.8 Å². The van der Waals surface area contributed by atoms with Gasteiger partial charge in [-0.15, -0.1) is 0 Å². The number of nitrogens with one attached hydrogen (secondary N) is 2. The van der Waals surface area contributed by atoms with Gasteiger partial charge in [0.15, 0.2) is 11.5 Å². The highest BCUT2D eigenvalue weighted by molar-refractivity contribution is 7.92. The molecule has 1 aliphatic heterocycles. The van der Waals surface area contributed by atoms with Gasteiger partial charge in [0.2, 0.25) is 22.7 Å². The lowest BCUT2D eigenvalue weighted by atomic mass is 10.1. The first-order valence-electron chi connectivity index (χ1n) is 12.4. The third-order valence-corrected chi connectivity index (χ3v) is 8.87. The zero-order chi connectivity index (χ0) is 28.3. The van der Waals surface area contributed by atoms with Crippen molar-refractivity contribution in [3.8, 4) is 11.5 Å². The summed E-state index contributed by atoms with van der Waals surface area (Å²) in [4.78, 5) is 12.6. The minimum atomic E-state index is -3.86. The second kappa shape index (κ2) is 11.1. The van der Waals surface area contributed by atoms with E-state index >= 15 is 0 Å². The van der Waals surface area contributed by atoms with Crippen molar-refractivity contribution in [2.75, 3.05) is 33.9 Å². The van der Waals surface area contributed by atoms with E-state index in [0.717, 1.165) is 17.0 Å². The first-order chi connectivity index (χ1) is 19.1. The average Bonchev–Trinajstić information content (AvgIpc) is 3.39. The van der Waals surface area contributed by atoms with Gasteiger partial charge in [-0.3, -0.25) is 13.8 Å². The maximum atomic E-state index is 13.0. The molecule has 208 valence electrons. The summed E-state index contributed by atoms with van der Waals surface area (Å²) in [5.74, 6) is 0.671. The molecule has 2 N–H and O–H groups in total. The zero-order valence-corrected chi connectivity index (χ0v) is 23.2. The van der Waals surface area contributed by atoms with Crippen LogP contribution in [0.15, 0.2) is 89.8 Å². The molecule has 12 heteroatoms. The smallest absolute Gasteiger partial charge is 0.261 e. The third-order valence-electron chi connectivity index (χ3n) is 6.29. The molecule has 0 atom stereocenters. The highest BCUT2D eigenvalue weighted by atomic mass is 32.2. The number of carbonyl (C=O) groups excluding carboxylic acids is 1. The van der Waals surface area contributed by atoms with E-state index in [4.69, 9.17) is 9.47 Å². The molecule has 0 radical (unpaired) electrons. The van der Waals surface area contributed by atoms with Crippen LogP contribution in [0.2, 0.25) is 0 Å². The number of nitrogens with zero attached hydrogens (tertiary/aromatic N) is 1. The Labute approximate surface area is 232 Å². The molecule has 4 aromatic carbocycles. The minimum absolute atomic E-state index is 0.0472. The Morgan fingerprint density at radius 2 is 1.60 bits per heavy atom. The third kappa shape index (κ3) is 6.13. The van der Waals surface area contributed by atoms with Crippen molar-refractivity contribution in [2.24, 2.45) is 0 Å². The van der Waals surface area contributed by atoms with Crippen molar-refractivity contribution >= 4 is 53.8 Å². The number of hydrogen-bond donors (Lipinski definition) is 2. The van der Waals surface area contributed by atoms with Crippen LogP contribution in [0.4, 0.5) is 17.1 Å². The number of ether oxygens (including phenoxy) is 2. The molecule has 40 heavy (non-hydrogen) atoms. The van der Waals surface area contributed by atoms with Gasteiger partial charge in [0.25, 0.3) is 10.0 Å². The first-order valence-corrected chi connectivity index (χ1v) is 15.7. The van der Waals surface area contributed by atoms with E-state index in [1.165, 1.54) is 28.6 Å². The fourth-order valence-electron chi connectivity index (χ4n) is 4.37. The number of sulfonamides is 2. The van der Waals surface area contributed by atoms with E-state index in [1.807, 2.05) is 30.3 Å². The van der Waals surface area contributed by atoms with Crippen LogP contribution >= 0.6 is 0 Å². The Bertz CT molecular complexity index is 1770. The SMILES string of the molecule is CS(=O)(=O)N(CCCC(=O)Nc1ccc(S(=O)(=O)Nc2cccc3ccccc23)cc1)c1ccc2c(c1)OCO2. The maximum Gasteiger partial charge on any atom is 0.261 e. The van der Waals surface area contributed by atoms with Gasteiger partial charge in [0, 0.05) is 30.1 Å². The van der Waals surface area contributed by atoms with Crippen LogP contribution in [0.25, 0.3) is 10.8 Å². The summed E-state index contributed by atoms with van der Waals surface area (Å²) in [6.45, 7) is 0.161. The van der Waals surface area contributed by atoms with E-state index in [-0.39, 0.29) is 37.0 Å². The Hall–Kier alpha value is -4.29. The molecule has 0 aliphatic carbocycles. The molecule has 5 rings (SSSR count). The molecule has 0 bridgehead atoms. The monoisotopic (exact) mass is 581 g/mol. The van der Waals surface area contributed by atoms with Gasteiger partial charge in [0.05, 0.1) is 22.5 Å². The lowest BCUT2D eigenvalue weighted by molar-refractivity contribution is -0.116. The van der Waals surface area contributed by atoms with Crippen LogP contribution in [0, 0.1) is 0 Å². The lowest BCUT2D eigenvalue weighted by Crippen LogP contribution is -2.31. The standard InChI is InChI=1S/C28H27N3O7S2/c1-39(33,34)31(22-13-16-26-27(18-22)38-19-37-26)17-5-10-28(32)29-21-11-14-23(15-12-21)40(35,36)30-25-9-4-7-20-6-2-3-8-24(20)25/h2-4,6-9,11-16,18,30H,5,10,17,19H2,1H3,(H,29,32). The van der Waals surface area contributed by atoms with Crippen LogP contribution in [-0.4, -0.2) is 42.3 Å². The van der Waals surface area contributed by atoms with Crippen LogP contribution in [0.1, 0.15) is 12.8 Å². The van der Waals surface area contributed by atoms with E-state index in [9.17, 15) is 21.6 Å². The number of rotatable bonds is 10. The predicted octanol–water partition coefficient (Wildman–Crippen LogP) is 4.55. The number of amides is 1. The highest BCUT2D eigenvalue weighted by Gasteiger charge is 2.22. The number of fused-ring (bicyclic) bond motifs is 2. The number of benzene rings is 4. The zero-order valence-electron chi connectivity index (χ0n) is 21.5. The molecule has 0 aromatic heterocycles. The normalized spacial score (nSPS) is 12.7. The molecule has 0 saturated carbocycles. The molecule has 1 amide bonds. The van der Waals surface area contributed by atoms with Crippen LogP contribution in [0.3, 0.4) is 0 Å². The molecule has 1 aliphatic rings. The van der Waals surface area contributed by atoms with E-state index < -0.39 is 20.0 Å². The van der Waals surface area contributed by atoms with E-state index in [0.29, 0.717) is 28.6 Å². The quantitative estimate of drug-likeness (QED) is 0.281. The predicted molar refractivity (Wildman–Crippen MR) is 154 cm³/mol. The van der Waals surface area contributed by atoms with Crippen molar-refractivity contribution in [1.82, 2.24) is 0 Å². The second-order valence-corrected chi connectivity index (χ2v) is 12.8. The maximum absolute atomic E-state index is 13.0. The Morgan fingerprint density at radius 3 is 2.38 bits per heavy atom. The Kier molecular flexibility index (Phi) is 7.55. The Morgan fingerprint density at radius 1 is 0.875 bits per heavy atom. The van der Waals surface area contributed by atoms with Gasteiger partial charge < -0.3 is 14.8 Å². The fraction of sp³-hybridized carbons (Fsp3) is 0.179. The molecule has 1 heterocycles. The van der Waals surface area contributed by atoms with Gasteiger partial charge in [0.1, 0.15) is 0 Å². The topological polar surface area (TPSA) is 131 Å². The van der Waals surface area contributed by atoms with Gasteiger partial charge in [-0.1, -0.05) is 36.4 Å². The van der Waals surface area contributed by atoms with Crippen molar-refractivity contribution < 1.29 is 31.1 Å². The molecular formula is C28H27N3O7S2. The largest absolute Gasteiger partial charge is 0.454 e. The molecule has 0 saturated heterocycles. The number of carbonyl (C=O) groups is 1. The van der Waals surface area contributed by atoms with Crippen molar-refractivity contribution in [1.29, 1.82) is 0 Å². The van der Waals surface area contributed by atoms with Gasteiger partial charge in [-0.25, -0.2) is 16.8 Å². The number of hydrogen-bond acceptors (Lipinski definition) is 7. The second-order valence-electron chi connectivity index (χ2n) is 9.18. The minimum Gasteiger partial charge on any atom is -0.454 e. The fourth-order valence-corrected chi connectivity index (χ4v) is 6.41. The van der Waals surface area contributed by atoms with E-state index in [1.54, 1.807) is 30.3 Å². The summed E-state index contributed by atoms with van der Waals surface area (Å²) in [7, 11) is -7.46. The molecule has 0 spiro atoms. The Balaban J connectivity index is 1.18. The van der Waals surface area contributed by atoms with Crippen LogP contribution in [0.5, 0.6) is 11.5 Å². The summed E-state index contributed by atoms with van der Waals surface area (Å²) in [6.07, 6.45) is 1.41. The van der Waals surface area contributed by atoms with E-state index in [2.05, 4.69) is 10.0 Å². The van der Waals surface area contributed by atoms with Crippen molar-refractivity contribution in [3.05, 3.63) is 84.9 Å². The summed E-state index contributed by atoms with van der Waals surface area (Å²) in [5.41, 5.74) is 1.31. The molecule has 4 aromatic rings. The first kappa shape index (κ1) is 27.3. The summed E-state index contributed by atoms with van der Waals surface area (Å²) in [6, 6.07) is 23.5. The summed E-state index contributed by atoms with van der Waals surface area (Å²) in [5, 5.41) is 4.42. The van der Waals surface area contributed by atoms with Crippen molar-refractivity contribution in [2.45, 2.75) is 17.7 Å².